The van der Waals surface area contributed by atoms with Gasteiger partial charge in [-0.2, -0.15) is 0 Å². The number of ether oxygens (including phenoxy) is 5. The van der Waals surface area contributed by atoms with Gasteiger partial charge in [0, 0.05) is 7.11 Å². The van der Waals surface area contributed by atoms with Crippen LogP contribution in [0.3, 0.4) is 0 Å². The predicted molar refractivity (Wildman–Crippen MR) is 83.9 cm³/mol. The molecule has 0 aliphatic rings. The third kappa shape index (κ3) is 8.38. The third-order valence-electron chi connectivity index (χ3n) is 2.66. The van der Waals surface area contributed by atoms with E-state index in [9.17, 15) is 0 Å². The maximum Gasteiger partial charge on any atom is 0.133 e. The van der Waals surface area contributed by atoms with Crippen LogP contribution in [-0.4, -0.2) is 53.9 Å². The van der Waals surface area contributed by atoms with E-state index in [1.165, 1.54) is 0 Å². The van der Waals surface area contributed by atoms with Crippen molar-refractivity contribution in [2.45, 2.75) is 6.61 Å². The van der Waals surface area contributed by atoms with Crippen molar-refractivity contribution in [1.82, 2.24) is 0 Å². The molecule has 6 heteroatoms. The van der Waals surface area contributed by atoms with Gasteiger partial charge in [0.15, 0.2) is 0 Å². The van der Waals surface area contributed by atoms with Crippen LogP contribution in [0.15, 0.2) is 22.7 Å². The quantitative estimate of drug-likeness (QED) is 0.535. The SMILES string of the molecule is COCCOCCOCCOCc1ccc(OC)c(Br)c1. The monoisotopic (exact) mass is 362 g/mol. The Bertz CT molecular complexity index is 386. The fourth-order valence-electron chi connectivity index (χ4n) is 1.57. The average Bonchev–Trinajstić information content (AvgIpc) is 2.49. The molecule has 120 valence electrons. The first-order chi connectivity index (χ1) is 10.3. The topological polar surface area (TPSA) is 46.2 Å². The van der Waals surface area contributed by atoms with E-state index in [4.69, 9.17) is 23.7 Å². The average molecular weight is 363 g/mol. The van der Waals surface area contributed by atoms with Crippen LogP contribution in [0.25, 0.3) is 0 Å². The number of methoxy groups -OCH3 is 2. The number of hydrogen-bond acceptors (Lipinski definition) is 5. The Morgan fingerprint density at radius 3 is 2.05 bits per heavy atom. The Morgan fingerprint density at radius 2 is 1.48 bits per heavy atom. The second-order valence-corrected chi connectivity index (χ2v) is 5.09. The van der Waals surface area contributed by atoms with Crippen molar-refractivity contribution in [3.05, 3.63) is 28.2 Å². The highest BCUT2D eigenvalue weighted by Crippen LogP contribution is 2.25. The van der Waals surface area contributed by atoms with Gasteiger partial charge in [0.05, 0.1) is 57.8 Å². The molecule has 1 aromatic rings. The summed E-state index contributed by atoms with van der Waals surface area (Å²) in [6, 6.07) is 5.88. The van der Waals surface area contributed by atoms with Gasteiger partial charge in [-0.05, 0) is 33.6 Å². The van der Waals surface area contributed by atoms with E-state index in [0.717, 1.165) is 15.8 Å². The Labute approximate surface area is 134 Å². The largest absolute Gasteiger partial charge is 0.496 e. The molecule has 21 heavy (non-hydrogen) atoms. The van der Waals surface area contributed by atoms with Gasteiger partial charge in [-0.1, -0.05) is 6.07 Å². The molecule has 0 spiro atoms. The molecule has 0 atom stereocenters. The van der Waals surface area contributed by atoms with Crippen LogP contribution in [0.5, 0.6) is 5.75 Å². The molecular formula is C15H23BrO5. The van der Waals surface area contributed by atoms with Gasteiger partial charge in [0.2, 0.25) is 0 Å². The Morgan fingerprint density at radius 1 is 0.857 bits per heavy atom. The fourth-order valence-corrected chi connectivity index (χ4v) is 2.16. The van der Waals surface area contributed by atoms with Crippen molar-refractivity contribution in [2.24, 2.45) is 0 Å². The number of halogens is 1. The minimum absolute atomic E-state index is 0.552. The summed E-state index contributed by atoms with van der Waals surface area (Å²) >= 11 is 3.45. The van der Waals surface area contributed by atoms with Gasteiger partial charge in [0.25, 0.3) is 0 Å². The van der Waals surface area contributed by atoms with Crippen LogP contribution in [0.1, 0.15) is 5.56 Å². The van der Waals surface area contributed by atoms with Crippen LogP contribution in [0.2, 0.25) is 0 Å². The molecule has 1 aromatic carbocycles. The van der Waals surface area contributed by atoms with Crippen molar-refractivity contribution < 1.29 is 23.7 Å². The highest BCUT2D eigenvalue weighted by Gasteiger charge is 2.01. The highest BCUT2D eigenvalue weighted by atomic mass is 79.9. The van der Waals surface area contributed by atoms with Gasteiger partial charge in [-0.3, -0.25) is 0 Å². The molecule has 0 aliphatic carbocycles. The van der Waals surface area contributed by atoms with Crippen LogP contribution in [0.4, 0.5) is 0 Å². The summed E-state index contributed by atoms with van der Waals surface area (Å²) in [5.41, 5.74) is 1.09. The van der Waals surface area contributed by atoms with E-state index in [2.05, 4.69) is 15.9 Å². The number of rotatable bonds is 12. The molecule has 5 nitrogen and oxygen atoms in total. The molecule has 0 saturated heterocycles. The predicted octanol–water partition coefficient (Wildman–Crippen LogP) is 2.65. The molecule has 0 radical (unpaired) electrons. The summed E-state index contributed by atoms with van der Waals surface area (Å²) in [5.74, 6) is 0.815. The second-order valence-electron chi connectivity index (χ2n) is 4.24. The zero-order chi connectivity index (χ0) is 15.3. The molecule has 0 aliphatic heterocycles. The van der Waals surface area contributed by atoms with Crippen molar-refractivity contribution >= 4 is 15.9 Å². The maximum absolute atomic E-state index is 5.55. The van der Waals surface area contributed by atoms with E-state index >= 15 is 0 Å². The smallest absolute Gasteiger partial charge is 0.133 e. The molecule has 0 heterocycles. The number of benzene rings is 1. The van der Waals surface area contributed by atoms with Crippen molar-refractivity contribution in [2.75, 3.05) is 53.9 Å². The second kappa shape index (κ2) is 11.9. The first-order valence-electron chi connectivity index (χ1n) is 6.82. The molecular weight excluding hydrogens is 340 g/mol. The summed E-state index contributed by atoms with van der Waals surface area (Å²) in [7, 11) is 3.30. The molecule has 1 rings (SSSR count). The summed E-state index contributed by atoms with van der Waals surface area (Å²) in [5, 5.41) is 0. The highest BCUT2D eigenvalue weighted by molar-refractivity contribution is 9.10. The van der Waals surface area contributed by atoms with Crippen molar-refractivity contribution in [3.8, 4) is 5.75 Å². The summed E-state index contributed by atoms with van der Waals surface area (Å²) in [4.78, 5) is 0. The lowest BCUT2D eigenvalue weighted by Gasteiger charge is -2.08. The molecule has 0 amide bonds. The molecule has 0 fully saturated rings. The Kier molecular flexibility index (Phi) is 10.5. The van der Waals surface area contributed by atoms with Crippen LogP contribution < -0.4 is 4.74 Å². The lowest BCUT2D eigenvalue weighted by Crippen LogP contribution is -2.11. The van der Waals surface area contributed by atoms with Crippen LogP contribution >= 0.6 is 15.9 Å². The minimum Gasteiger partial charge on any atom is -0.496 e. The first-order valence-corrected chi connectivity index (χ1v) is 7.61. The normalized spacial score (nSPS) is 10.8. The zero-order valence-electron chi connectivity index (χ0n) is 12.6. The van der Waals surface area contributed by atoms with Gasteiger partial charge in [0.1, 0.15) is 5.75 Å². The first kappa shape index (κ1) is 18.4. The maximum atomic E-state index is 5.55. The van der Waals surface area contributed by atoms with E-state index in [0.29, 0.717) is 46.2 Å². The van der Waals surface area contributed by atoms with Gasteiger partial charge >= 0.3 is 0 Å². The molecule has 0 saturated carbocycles. The lowest BCUT2D eigenvalue weighted by molar-refractivity contribution is 0.000860. The van der Waals surface area contributed by atoms with E-state index in [1.807, 2.05) is 18.2 Å². The summed E-state index contributed by atoms with van der Waals surface area (Å²) < 4.78 is 27.2. The lowest BCUT2D eigenvalue weighted by atomic mass is 10.2. The molecule has 0 unspecified atom stereocenters. The van der Waals surface area contributed by atoms with Gasteiger partial charge < -0.3 is 23.7 Å². The fraction of sp³-hybridized carbons (Fsp3) is 0.600. The van der Waals surface area contributed by atoms with Gasteiger partial charge in [-0.25, -0.2) is 0 Å². The van der Waals surface area contributed by atoms with Gasteiger partial charge in [-0.15, -0.1) is 0 Å². The Hall–Kier alpha value is -0.660. The minimum atomic E-state index is 0.552. The van der Waals surface area contributed by atoms with E-state index < -0.39 is 0 Å². The standard InChI is InChI=1S/C15H23BrO5/c1-17-5-6-19-7-8-20-9-10-21-12-13-3-4-15(18-2)14(16)11-13/h3-4,11H,5-10,12H2,1-2H3. The van der Waals surface area contributed by atoms with Crippen LogP contribution in [0, 0.1) is 0 Å². The molecule has 0 aromatic heterocycles. The summed E-state index contributed by atoms with van der Waals surface area (Å²) in [6.07, 6.45) is 0. The van der Waals surface area contributed by atoms with Crippen molar-refractivity contribution in [3.63, 3.8) is 0 Å². The van der Waals surface area contributed by atoms with E-state index in [1.54, 1.807) is 14.2 Å². The van der Waals surface area contributed by atoms with Crippen LogP contribution in [-0.2, 0) is 25.6 Å². The third-order valence-corrected chi connectivity index (χ3v) is 3.28. The number of hydrogen-bond donors (Lipinski definition) is 0. The van der Waals surface area contributed by atoms with Crippen molar-refractivity contribution in [1.29, 1.82) is 0 Å². The summed E-state index contributed by atoms with van der Waals surface area (Å²) in [6.45, 7) is 4.03. The molecule has 0 bridgehead atoms. The molecule has 0 N–H and O–H groups in total. The Balaban J connectivity index is 2.00. The van der Waals surface area contributed by atoms with E-state index in [-0.39, 0.29) is 0 Å². The zero-order valence-corrected chi connectivity index (χ0v) is 14.2.